The number of hydrogen-bond donors (Lipinski definition) is 2. The van der Waals surface area contributed by atoms with E-state index in [-0.39, 0.29) is 22.9 Å². The van der Waals surface area contributed by atoms with Gasteiger partial charge in [0.1, 0.15) is 12.1 Å². The van der Waals surface area contributed by atoms with Crippen LogP contribution in [0.5, 0.6) is 0 Å². The van der Waals surface area contributed by atoms with Gasteiger partial charge in [-0.3, -0.25) is 9.35 Å². The molecule has 1 saturated carbocycles. The van der Waals surface area contributed by atoms with E-state index in [1.54, 1.807) is 12.1 Å². The molecule has 3 N–H and O–H groups in total. The maximum atomic E-state index is 11.4. The summed E-state index contributed by atoms with van der Waals surface area (Å²) >= 11 is 0. The van der Waals surface area contributed by atoms with Crippen LogP contribution in [0.2, 0.25) is 0 Å². The average molecular weight is 357 g/mol. The molecule has 1 aliphatic carbocycles. The third kappa shape index (κ3) is 6.98. The van der Waals surface area contributed by atoms with Gasteiger partial charge in [-0.25, -0.2) is 0 Å². The summed E-state index contributed by atoms with van der Waals surface area (Å²) in [7, 11) is -4.02. The molecule has 0 spiro atoms. The van der Waals surface area contributed by atoms with Crippen LogP contribution >= 0.6 is 0 Å². The van der Waals surface area contributed by atoms with Crippen molar-refractivity contribution < 1.29 is 22.5 Å². The average Bonchev–Trinajstić information content (AvgIpc) is 2.99. The van der Waals surface area contributed by atoms with Crippen LogP contribution in [0.1, 0.15) is 45.1 Å². The maximum Gasteiger partial charge on any atom is 0.323 e. The molecule has 0 aliphatic heterocycles. The lowest BCUT2D eigenvalue weighted by Crippen LogP contribution is -2.38. The molecular weight excluding hydrogens is 330 g/mol. The van der Waals surface area contributed by atoms with Crippen LogP contribution in [0.15, 0.2) is 29.2 Å². The van der Waals surface area contributed by atoms with Gasteiger partial charge in [-0.1, -0.05) is 31.5 Å². The van der Waals surface area contributed by atoms with Crippen molar-refractivity contribution in [3.05, 3.63) is 29.8 Å². The first-order valence-electron chi connectivity index (χ1n) is 8.11. The van der Waals surface area contributed by atoms with Gasteiger partial charge in [0.05, 0.1) is 4.90 Å². The SMILES string of the molecule is CC(C)C(N)C(=O)OC1CCCC1.Cc1ccc(S(=O)(=O)O)cc1. The standard InChI is InChI=1S/C10H19NO2.C7H8O3S/c1-7(2)9(11)10(12)13-8-5-3-4-6-8;1-6-2-4-7(5-3-6)11(8,9)10/h7-9H,3-6,11H2,1-2H3;2-5H,1H3,(H,8,9,10). The summed E-state index contributed by atoms with van der Waals surface area (Å²) in [6.07, 6.45) is 4.51. The van der Waals surface area contributed by atoms with Crippen molar-refractivity contribution in [2.45, 2.75) is 63.5 Å². The molecule has 1 fully saturated rings. The van der Waals surface area contributed by atoms with Gasteiger partial charge in [0.2, 0.25) is 0 Å². The van der Waals surface area contributed by atoms with Crippen molar-refractivity contribution in [2.24, 2.45) is 11.7 Å². The number of nitrogens with two attached hydrogens (primary N) is 1. The van der Waals surface area contributed by atoms with E-state index in [1.807, 2.05) is 20.8 Å². The summed E-state index contributed by atoms with van der Waals surface area (Å²) in [5.74, 6) is -0.0733. The number of carbonyl (C=O) groups is 1. The summed E-state index contributed by atoms with van der Waals surface area (Å²) in [4.78, 5) is 11.3. The molecule has 0 radical (unpaired) electrons. The second kappa shape index (κ2) is 9.15. The van der Waals surface area contributed by atoms with Gasteiger partial charge in [0, 0.05) is 0 Å². The Morgan fingerprint density at radius 2 is 1.71 bits per heavy atom. The van der Waals surface area contributed by atoms with E-state index in [0.29, 0.717) is 0 Å². The molecule has 0 heterocycles. The third-order valence-corrected chi connectivity index (χ3v) is 4.76. The van der Waals surface area contributed by atoms with Gasteiger partial charge in [0.25, 0.3) is 10.1 Å². The van der Waals surface area contributed by atoms with Gasteiger partial charge in [0.15, 0.2) is 0 Å². The highest BCUT2D eigenvalue weighted by Gasteiger charge is 2.24. The molecule has 0 aromatic heterocycles. The van der Waals surface area contributed by atoms with Crippen LogP contribution < -0.4 is 5.73 Å². The van der Waals surface area contributed by atoms with Gasteiger partial charge in [-0.05, 0) is 50.7 Å². The minimum atomic E-state index is -4.02. The highest BCUT2D eigenvalue weighted by Crippen LogP contribution is 2.21. The van der Waals surface area contributed by atoms with Gasteiger partial charge >= 0.3 is 5.97 Å². The Labute approximate surface area is 144 Å². The predicted molar refractivity (Wildman–Crippen MR) is 92.2 cm³/mol. The van der Waals surface area contributed by atoms with Gasteiger partial charge in [-0.15, -0.1) is 0 Å². The summed E-state index contributed by atoms with van der Waals surface area (Å²) in [5, 5.41) is 0. The fraction of sp³-hybridized carbons (Fsp3) is 0.588. The molecule has 1 atom stereocenters. The molecule has 24 heavy (non-hydrogen) atoms. The smallest absolute Gasteiger partial charge is 0.323 e. The minimum absolute atomic E-state index is 0.0666. The van der Waals surface area contributed by atoms with Crippen molar-refractivity contribution >= 4 is 16.1 Å². The zero-order chi connectivity index (χ0) is 18.3. The monoisotopic (exact) mass is 357 g/mol. The summed E-state index contributed by atoms with van der Waals surface area (Å²) in [5.41, 5.74) is 6.62. The first-order valence-corrected chi connectivity index (χ1v) is 9.55. The highest BCUT2D eigenvalue weighted by atomic mass is 32.2. The van der Waals surface area contributed by atoms with E-state index in [4.69, 9.17) is 15.0 Å². The molecule has 7 heteroatoms. The Kier molecular flexibility index (Phi) is 7.86. The maximum absolute atomic E-state index is 11.4. The van der Waals surface area contributed by atoms with E-state index >= 15 is 0 Å². The Hall–Kier alpha value is -1.44. The predicted octanol–water partition coefficient (Wildman–Crippen LogP) is 2.70. The molecule has 0 amide bonds. The number of aryl methyl sites for hydroxylation is 1. The van der Waals surface area contributed by atoms with Crippen molar-refractivity contribution in [1.82, 2.24) is 0 Å². The molecule has 1 aliphatic rings. The van der Waals surface area contributed by atoms with Crippen molar-refractivity contribution in [3.8, 4) is 0 Å². The minimum Gasteiger partial charge on any atom is -0.461 e. The largest absolute Gasteiger partial charge is 0.461 e. The lowest BCUT2D eigenvalue weighted by Gasteiger charge is -2.17. The Morgan fingerprint density at radius 3 is 2.12 bits per heavy atom. The number of carbonyl (C=O) groups excluding carboxylic acids is 1. The fourth-order valence-electron chi connectivity index (χ4n) is 2.23. The molecule has 6 nitrogen and oxygen atoms in total. The van der Waals surface area contributed by atoms with Crippen LogP contribution in [0.4, 0.5) is 0 Å². The zero-order valence-electron chi connectivity index (χ0n) is 14.4. The number of esters is 1. The van der Waals surface area contributed by atoms with E-state index in [9.17, 15) is 13.2 Å². The molecule has 1 aromatic carbocycles. The van der Waals surface area contributed by atoms with Crippen LogP contribution in [-0.4, -0.2) is 31.1 Å². The molecule has 1 unspecified atom stereocenters. The summed E-state index contributed by atoms with van der Waals surface area (Å²) < 4.78 is 34.8. The lowest BCUT2D eigenvalue weighted by molar-refractivity contribution is -0.151. The van der Waals surface area contributed by atoms with Crippen molar-refractivity contribution in [2.75, 3.05) is 0 Å². The Bertz CT molecular complexity index is 619. The van der Waals surface area contributed by atoms with Crippen molar-refractivity contribution in [1.29, 1.82) is 0 Å². The first-order chi connectivity index (χ1) is 11.1. The highest BCUT2D eigenvalue weighted by molar-refractivity contribution is 7.85. The summed E-state index contributed by atoms with van der Waals surface area (Å²) in [6, 6.07) is 5.53. The third-order valence-electron chi connectivity index (χ3n) is 3.89. The second-order valence-corrected chi connectivity index (χ2v) is 7.82. The van der Waals surface area contributed by atoms with Gasteiger partial charge in [-0.2, -0.15) is 8.42 Å². The number of hydrogen-bond acceptors (Lipinski definition) is 5. The fourth-order valence-corrected chi connectivity index (χ4v) is 2.71. The summed E-state index contributed by atoms with van der Waals surface area (Å²) in [6.45, 7) is 5.70. The lowest BCUT2D eigenvalue weighted by atomic mass is 10.1. The molecular formula is C17H27NO5S. The van der Waals surface area contributed by atoms with Crippen LogP contribution in [0.3, 0.4) is 0 Å². The quantitative estimate of drug-likeness (QED) is 0.634. The van der Waals surface area contributed by atoms with Crippen LogP contribution in [0, 0.1) is 12.8 Å². The van der Waals surface area contributed by atoms with Gasteiger partial charge < -0.3 is 10.5 Å². The molecule has 136 valence electrons. The van der Waals surface area contributed by atoms with E-state index in [1.165, 1.54) is 25.0 Å². The number of ether oxygens (including phenoxy) is 1. The molecule has 2 rings (SSSR count). The van der Waals surface area contributed by atoms with E-state index in [0.717, 1.165) is 18.4 Å². The zero-order valence-corrected chi connectivity index (χ0v) is 15.3. The van der Waals surface area contributed by atoms with Crippen molar-refractivity contribution in [3.63, 3.8) is 0 Å². The number of benzene rings is 1. The Balaban J connectivity index is 0.000000243. The van der Waals surface area contributed by atoms with E-state index in [2.05, 4.69) is 0 Å². The molecule has 0 bridgehead atoms. The molecule has 1 aromatic rings. The number of rotatable bonds is 4. The van der Waals surface area contributed by atoms with Crippen LogP contribution in [0.25, 0.3) is 0 Å². The van der Waals surface area contributed by atoms with E-state index < -0.39 is 16.2 Å². The Morgan fingerprint density at radius 1 is 1.21 bits per heavy atom. The second-order valence-electron chi connectivity index (χ2n) is 6.40. The van der Waals surface area contributed by atoms with Crippen LogP contribution in [-0.2, 0) is 19.6 Å². The first kappa shape index (κ1) is 20.6. The normalized spacial score (nSPS) is 16.4. The molecule has 0 saturated heterocycles. The topological polar surface area (TPSA) is 107 Å².